The highest BCUT2D eigenvalue weighted by Crippen LogP contribution is 2.40. The summed E-state index contributed by atoms with van der Waals surface area (Å²) in [6, 6.07) is 0. The van der Waals surface area contributed by atoms with Crippen molar-refractivity contribution in [2.24, 2.45) is 0 Å². The smallest absolute Gasteiger partial charge is 0.111 e. The van der Waals surface area contributed by atoms with Crippen LogP contribution in [0.15, 0.2) is 12.4 Å². The molecule has 0 radical (unpaired) electrons. The normalized spacial score (nSPS) is 30.5. The summed E-state index contributed by atoms with van der Waals surface area (Å²) in [6.45, 7) is 0. The Morgan fingerprint density at radius 1 is 1.80 bits per heavy atom. The van der Waals surface area contributed by atoms with Crippen LogP contribution in [0.5, 0.6) is 0 Å². The lowest BCUT2D eigenvalue weighted by atomic mass is 10.4. The van der Waals surface area contributed by atoms with Crippen molar-refractivity contribution in [3.05, 3.63) is 18.2 Å². The molecule has 0 aliphatic heterocycles. The molecule has 1 aromatic heterocycles. The Balaban J connectivity index is 2.05. The van der Waals surface area contributed by atoms with Crippen LogP contribution in [-0.4, -0.2) is 23.2 Å². The van der Waals surface area contributed by atoms with Gasteiger partial charge in [0, 0.05) is 25.4 Å². The Hall–Kier alpha value is -0.830. The second kappa shape index (κ2) is 2.09. The van der Waals surface area contributed by atoms with E-state index in [1.165, 1.54) is 0 Å². The number of aromatic nitrogens is 2. The Morgan fingerprint density at radius 2 is 2.70 bits per heavy atom. The van der Waals surface area contributed by atoms with E-state index in [0.29, 0.717) is 12.0 Å². The summed E-state index contributed by atoms with van der Waals surface area (Å²) in [4.78, 5) is 7.21. The van der Waals surface area contributed by atoms with E-state index in [4.69, 9.17) is 4.74 Å². The van der Waals surface area contributed by atoms with E-state index in [1.807, 2.05) is 6.20 Å². The van der Waals surface area contributed by atoms with Crippen molar-refractivity contribution >= 4 is 0 Å². The molecule has 1 N–H and O–H groups in total. The summed E-state index contributed by atoms with van der Waals surface area (Å²) >= 11 is 0. The number of hydrogen-bond donors (Lipinski definition) is 1. The van der Waals surface area contributed by atoms with E-state index in [2.05, 4.69) is 9.97 Å². The number of ether oxygens (including phenoxy) is 1. The van der Waals surface area contributed by atoms with Crippen LogP contribution in [-0.2, 0) is 4.74 Å². The Kier molecular flexibility index (Phi) is 1.24. The molecule has 1 heterocycles. The molecule has 0 aromatic carbocycles. The number of imidazole rings is 1. The van der Waals surface area contributed by atoms with Gasteiger partial charge in [-0.05, 0) is 6.42 Å². The van der Waals surface area contributed by atoms with Crippen molar-refractivity contribution in [3.8, 4) is 0 Å². The standard InChI is InChI=1S/C7H10N2O/c1-10-6-4-5(6)7-8-2-3-9-7/h2-3,5-6H,4H2,1H3,(H,8,9). The highest BCUT2D eigenvalue weighted by atomic mass is 16.5. The summed E-state index contributed by atoms with van der Waals surface area (Å²) in [7, 11) is 1.74. The molecule has 1 aliphatic rings. The Labute approximate surface area is 59.4 Å². The van der Waals surface area contributed by atoms with Crippen molar-refractivity contribution in [1.29, 1.82) is 0 Å². The summed E-state index contributed by atoms with van der Waals surface area (Å²) in [6.07, 6.45) is 5.15. The first-order valence-corrected chi connectivity index (χ1v) is 3.44. The monoisotopic (exact) mass is 138 g/mol. The summed E-state index contributed by atoms with van der Waals surface area (Å²) < 4.78 is 5.14. The average Bonchev–Trinajstić information content (AvgIpc) is 2.56. The van der Waals surface area contributed by atoms with Gasteiger partial charge in [-0.3, -0.25) is 0 Å². The first kappa shape index (κ1) is 5.92. The van der Waals surface area contributed by atoms with Crippen LogP contribution in [0.2, 0.25) is 0 Å². The lowest BCUT2D eigenvalue weighted by Gasteiger charge is -1.91. The van der Waals surface area contributed by atoms with Crippen molar-refractivity contribution in [2.75, 3.05) is 7.11 Å². The summed E-state index contributed by atoms with van der Waals surface area (Å²) in [5.41, 5.74) is 0. The molecule has 10 heavy (non-hydrogen) atoms. The van der Waals surface area contributed by atoms with Crippen LogP contribution in [0.25, 0.3) is 0 Å². The number of methoxy groups -OCH3 is 1. The third-order valence-corrected chi connectivity index (χ3v) is 1.91. The predicted octanol–water partition coefficient (Wildman–Crippen LogP) is 0.912. The molecular weight excluding hydrogens is 128 g/mol. The van der Waals surface area contributed by atoms with Gasteiger partial charge < -0.3 is 9.72 Å². The number of nitrogens with zero attached hydrogens (tertiary/aromatic N) is 1. The van der Waals surface area contributed by atoms with Gasteiger partial charge in [-0.1, -0.05) is 0 Å². The van der Waals surface area contributed by atoms with Crippen LogP contribution < -0.4 is 0 Å². The lowest BCUT2D eigenvalue weighted by Crippen LogP contribution is -1.91. The van der Waals surface area contributed by atoms with Gasteiger partial charge in [0.25, 0.3) is 0 Å². The summed E-state index contributed by atoms with van der Waals surface area (Å²) in [5.74, 6) is 1.59. The SMILES string of the molecule is COC1CC1c1ncc[nH]1. The molecule has 1 aliphatic carbocycles. The highest BCUT2D eigenvalue weighted by molar-refractivity contribution is 5.11. The molecule has 0 bridgehead atoms. The zero-order valence-corrected chi connectivity index (χ0v) is 5.87. The van der Waals surface area contributed by atoms with Gasteiger partial charge in [-0.2, -0.15) is 0 Å². The Morgan fingerprint density at radius 3 is 3.20 bits per heavy atom. The molecule has 3 heteroatoms. The minimum absolute atomic E-state index is 0.408. The fraction of sp³-hybridized carbons (Fsp3) is 0.571. The molecule has 54 valence electrons. The number of aromatic amines is 1. The second-order valence-corrected chi connectivity index (χ2v) is 2.59. The second-order valence-electron chi connectivity index (χ2n) is 2.59. The fourth-order valence-electron chi connectivity index (χ4n) is 1.20. The van der Waals surface area contributed by atoms with Gasteiger partial charge in [-0.25, -0.2) is 4.98 Å². The van der Waals surface area contributed by atoms with Gasteiger partial charge in [0.2, 0.25) is 0 Å². The first-order chi connectivity index (χ1) is 4.92. The highest BCUT2D eigenvalue weighted by Gasteiger charge is 2.40. The molecule has 0 saturated heterocycles. The molecule has 2 rings (SSSR count). The molecule has 1 saturated carbocycles. The van der Waals surface area contributed by atoms with Crippen molar-refractivity contribution in [2.45, 2.75) is 18.4 Å². The van der Waals surface area contributed by atoms with Crippen LogP contribution in [0.1, 0.15) is 18.2 Å². The molecule has 0 amide bonds. The van der Waals surface area contributed by atoms with E-state index >= 15 is 0 Å². The number of rotatable bonds is 2. The van der Waals surface area contributed by atoms with E-state index in [9.17, 15) is 0 Å². The summed E-state index contributed by atoms with van der Waals surface area (Å²) in [5, 5.41) is 0. The van der Waals surface area contributed by atoms with Crippen molar-refractivity contribution in [3.63, 3.8) is 0 Å². The van der Waals surface area contributed by atoms with Crippen LogP contribution in [0, 0.1) is 0 Å². The van der Waals surface area contributed by atoms with Gasteiger partial charge in [0.15, 0.2) is 0 Å². The molecule has 1 fully saturated rings. The van der Waals surface area contributed by atoms with E-state index in [1.54, 1.807) is 13.3 Å². The van der Waals surface area contributed by atoms with Crippen LogP contribution >= 0.6 is 0 Å². The molecular formula is C7H10N2O. The maximum atomic E-state index is 5.14. The minimum atomic E-state index is 0.408. The van der Waals surface area contributed by atoms with Crippen molar-refractivity contribution in [1.82, 2.24) is 9.97 Å². The zero-order chi connectivity index (χ0) is 6.97. The van der Waals surface area contributed by atoms with Gasteiger partial charge in [0.1, 0.15) is 5.82 Å². The number of H-pyrrole nitrogens is 1. The van der Waals surface area contributed by atoms with E-state index in [-0.39, 0.29) is 0 Å². The van der Waals surface area contributed by atoms with Crippen molar-refractivity contribution < 1.29 is 4.74 Å². The number of hydrogen-bond acceptors (Lipinski definition) is 2. The van der Waals surface area contributed by atoms with Crippen LogP contribution in [0.3, 0.4) is 0 Å². The topological polar surface area (TPSA) is 37.9 Å². The quantitative estimate of drug-likeness (QED) is 0.659. The van der Waals surface area contributed by atoms with E-state index in [0.717, 1.165) is 12.2 Å². The molecule has 0 spiro atoms. The van der Waals surface area contributed by atoms with Gasteiger partial charge in [-0.15, -0.1) is 0 Å². The largest absolute Gasteiger partial charge is 0.381 e. The third kappa shape index (κ3) is 0.827. The van der Waals surface area contributed by atoms with Crippen LogP contribution in [0.4, 0.5) is 0 Å². The predicted molar refractivity (Wildman–Crippen MR) is 36.7 cm³/mol. The zero-order valence-electron chi connectivity index (χ0n) is 5.87. The fourth-order valence-corrected chi connectivity index (χ4v) is 1.20. The molecule has 2 unspecified atom stereocenters. The first-order valence-electron chi connectivity index (χ1n) is 3.44. The number of nitrogens with one attached hydrogen (secondary N) is 1. The molecule has 1 aromatic rings. The Bertz CT molecular complexity index is 207. The third-order valence-electron chi connectivity index (χ3n) is 1.91. The minimum Gasteiger partial charge on any atom is -0.381 e. The maximum absolute atomic E-state index is 5.14. The lowest BCUT2D eigenvalue weighted by molar-refractivity contribution is 0.177. The maximum Gasteiger partial charge on any atom is 0.111 e. The molecule has 2 atom stereocenters. The molecule has 3 nitrogen and oxygen atoms in total. The van der Waals surface area contributed by atoms with E-state index < -0.39 is 0 Å². The van der Waals surface area contributed by atoms with Gasteiger partial charge in [0.05, 0.1) is 6.10 Å². The van der Waals surface area contributed by atoms with Gasteiger partial charge >= 0.3 is 0 Å². The average molecular weight is 138 g/mol.